The lowest BCUT2D eigenvalue weighted by molar-refractivity contribution is 0.331. The highest BCUT2D eigenvalue weighted by atomic mass is 15.1. The number of aromatic nitrogens is 2. The molecule has 1 saturated carbocycles. The monoisotopic (exact) mass is 370 g/mol. The Balaban J connectivity index is 1.41. The summed E-state index contributed by atoms with van der Waals surface area (Å²) in [5.74, 6) is 1.50. The van der Waals surface area contributed by atoms with Gasteiger partial charge in [-0.3, -0.25) is 9.88 Å². The third-order valence-corrected chi connectivity index (χ3v) is 5.81. The summed E-state index contributed by atoms with van der Waals surface area (Å²) in [4.78, 5) is 11.6. The van der Waals surface area contributed by atoms with Gasteiger partial charge < -0.3 is 5.32 Å². The first-order chi connectivity index (χ1) is 13.7. The van der Waals surface area contributed by atoms with Gasteiger partial charge in [0.25, 0.3) is 0 Å². The van der Waals surface area contributed by atoms with E-state index < -0.39 is 0 Å². The second-order valence-electron chi connectivity index (χ2n) is 8.12. The lowest BCUT2D eigenvalue weighted by Gasteiger charge is -2.15. The molecular weight excluding hydrogens is 344 g/mol. The Morgan fingerprint density at radius 1 is 1.00 bits per heavy atom. The smallest absolute Gasteiger partial charge is 0.130 e. The summed E-state index contributed by atoms with van der Waals surface area (Å²) in [5.41, 5.74) is 4.74. The van der Waals surface area contributed by atoms with E-state index in [9.17, 15) is 0 Å². The lowest BCUT2D eigenvalue weighted by atomic mass is 10.0. The number of allylic oxidation sites excluding steroid dienone is 1. The summed E-state index contributed by atoms with van der Waals surface area (Å²) >= 11 is 0. The lowest BCUT2D eigenvalue weighted by Crippen LogP contribution is -2.18. The van der Waals surface area contributed by atoms with Crippen molar-refractivity contribution in [3.05, 3.63) is 66.8 Å². The van der Waals surface area contributed by atoms with Crippen LogP contribution in [0.4, 0.5) is 5.82 Å². The summed E-state index contributed by atoms with van der Waals surface area (Å²) in [7, 11) is 0. The van der Waals surface area contributed by atoms with Gasteiger partial charge in [-0.05, 0) is 79.4 Å². The highest BCUT2D eigenvalue weighted by Gasteiger charge is 2.24. The van der Waals surface area contributed by atoms with Crippen LogP contribution in [0, 0.1) is 5.92 Å². The summed E-state index contributed by atoms with van der Waals surface area (Å²) in [5, 5.41) is 5.71. The zero-order valence-corrected chi connectivity index (χ0v) is 16.2. The first-order valence-corrected chi connectivity index (χ1v) is 10.3. The predicted molar refractivity (Wildman–Crippen MR) is 115 cm³/mol. The van der Waals surface area contributed by atoms with Gasteiger partial charge in [0.1, 0.15) is 5.82 Å². The molecule has 1 saturated heterocycles. The number of rotatable bonds is 6. The minimum absolute atomic E-state index is 0.619. The van der Waals surface area contributed by atoms with Crippen molar-refractivity contribution in [2.75, 3.05) is 18.4 Å². The van der Waals surface area contributed by atoms with Crippen molar-refractivity contribution in [2.45, 2.75) is 32.2 Å². The van der Waals surface area contributed by atoms with Gasteiger partial charge in [-0.1, -0.05) is 18.7 Å². The van der Waals surface area contributed by atoms with Crippen molar-refractivity contribution >= 4 is 16.6 Å². The van der Waals surface area contributed by atoms with Crippen molar-refractivity contribution in [1.29, 1.82) is 0 Å². The van der Waals surface area contributed by atoms with Crippen molar-refractivity contribution in [1.82, 2.24) is 14.9 Å². The molecule has 0 unspecified atom stereocenters. The molecule has 1 aromatic carbocycles. The van der Waals surface area contributed by atoms with Gasteiger partial charge in [0, 0.05) is 41.8 Å². The average molecular weight is 371 g/mol. The van der Waals surface area contributed by atoms with E-state index in [1.165, 1.54) is 60.8 Å². The number of nitrogens with zero attached hydrogens (tertiary/aromatic N) is 3. The summed E-state index contributed by atoms with van der Waals surface area (Å²) in [6.45, 7) is 7.55. The molecule has 142 valence electrons. The van der Waals surface area contributed by atoms with E-state index in [1.807, 2.05) is 18.6 Å². The molecule has 3 aromatic rings. The molecule has 0 spiro atoms. The molecular formula is C24H26N4. The molecule has 5 rings (SSSR count). The van der Waals surface area contributed by atoms with Gasteiger partial charge >= 0.3 is 0 Å². The van der Waals surface area contributed by atoms with E-state index in [1.54, 1.807) is 0 Å². The van der Waals surface area contributed by atoms with Crippen molar-refractivity contribution < 1.29 is 0 Å². The maximum atomic E-state index is 4.54. The molecule has 1 N–H and O–H groups in total. The molecule has 0 amide bonds. The molecule has 0 radical (unpaired) electrons. The van der Waals surface area contributed by atoms with E-state index in [0.717, 1.165) is 23.4 Å². The Hall–Kier alpha value is -2.72. The first-order valence-electron chi connectivity index (χ1n) is 10.3. The fraction of sp³-hybridized carbons (Fsp3) is 0.333. The third kappa shape index (κ3) is 3.78. The first kappa shape index (κ1) is 17.4. The zero-order chi connectivity index (χ0) is 18.9. The maximum Gasteiger partial charge on any atom is 0.130 e. The minimum Gasteiger partial charge on any atom is -0.344 e. The van der Waals surface area contributed by atoms with Crippen LogP contribution in [0.15, 0.2) is 61.2 Å². The van der Waals surface area contributed by atoms with Gasteiger partial charge in [-0.15, -0.1) is 0 Å². The summed E-state index contributed by atoms with van der Waals surface area (Å²) in [6.07, 6.45) is 11.0. The van der Waals surface area contributed by atoms with Gasteiger partial charge in [0.15, 0.2) is 0 Å². The molecule has 2 aromatic heterocycles. The number of anilines is 1. The average Bonchev–Trinajstić information content (AvgIpc) is 3.45. The second-order valence-corrected chi connectivity index (χ2v) is 8.12. The number of pyridine rings is 2. The molecule has 2 fully saturated rings. The SMILES string of the molecule is C=C(Nc1cc2cc(-c3cncc(CN4CCCC4)c3)ccc2cn1)C1CC1. The van der Waals surface area contributed by atoms with Crippen LogP contribution in [0.25, 0.3) is 21.9 Å². The van der Waals surface area contributed by atoms with Crippen LogP contribution in [0.2, 0.25) is 0 Å². The molecule has 2 aliphatic rings. The quantitative estimate of drug-likeness (QED) is 0.645. The number of hydrogen-bond donors (Lipinski definition) is 1. The molecule has 3 heterocycles. The van der Waals surface area contributed by atoms with Crippen LogP contribution in [0.5, 0.6) is 0 Å². The Morgan fingerprint density at radius 3 is 2.68 bits per heavy atom. The number of benzene rings is 1. The number of fused-ring (bicyclic) bond motifs is 1. The van der Waals surface area contributed by atoms with Gasteiger partial charge in [-0.25, -0.2) is 4.98 Å². The molecule has 4 nitrogen and oxygen atoms in total. The molecule has 0 atom stereocenters. The van der Waals surface area contributed by atoms with E-state index in [2.05, 4.69) is 57.1 Å². The largest absolute Gasteiger partial charge is 0.344 e. The molecule has 28 heavy (non-hydrogen) atoms. The van der Waals surface area contributed by atoms with Crippen LogP contribution < -0.4 is 5.32 Å². The molecule has 1 aliphatic carbocycles. The van der Waals surface area contributed by atoms with Crippen molar-refractivity contribution in [3.8, 4) is 11.1 Å². The van der Waals surface area contributed by atoms with Gasteiger partial charge in [0.05, 0.1) is 0 Å². The van der Waals surface area contributed by atoms with Crippen LogP contribution in [0.1, 0.15) is 31.2 Å². The highest BCUT2D eigenvalue weighted by molar-refractivity contribution is 5.88. The third-order valence-electron chi connectivity index (χ3n) is 5.81. The Labute approximate surface area is 166 Å². The zero-order valence-electron chi connectivity index (χ0n) is 16.2. The molecule has 4 heteroatoms. The summed E-state index contributed by atoms with van der Waals surface area (Å²) < 4.78 is 0. The summed E-state index contributed by atoms with van der Waals surface area (Å²) in [6, 6.07) is 10.9. The second kappa shape index (κ2) is 7.36. The Bertz CT molecular complexity index is 1020. The number of hydrogen-bond acceptors (Lipinski definition) is 4. The Morgan fingerprint density at radius 2 is 1.86 bits per heavy atom. The van der Waals surface area contributed by atoms with E-state index in [0.29, 0.717) is 5.92 Å². The topological polar surface area (TPSA) is 41.1 Å². The molecule has 0 bridgehead atoms. The van der Waals surface area contributed by atoms with Crippen molar-refractivity contribution in [2.24, 2.45) is 5.92 Å². The van der Waals surface area contributed by atoms with E-state index in [-0.39, 0.29) is 0 Å². The van der Waals surface area contributed by atoms with E-state index >= 15 is 0 Å². The maximum absolute atomic E-state index is 4.54. The Kier molecular flexibility index (Phi) is 4.57. The normalized spacial score (nSPS) is 17.1. The van der Waals surface area contributed by atoms with Crippen LogP contribution in [-0.2, 0) is 6.54 Å². The fourth-order valence-corrected chi connectivity index (χ4v) is 4.02. The van der Waals surface area contributed by atoms with Crippen LogP contribution in [0.3, 0.4) is 0 Å². The van der Waals surface area contributed by atoms with Crippen molar-refractivity contribution in [3.63, 3.8) is 0 Å². The van der Waals surface area contributed by atoms with Crippen LogP contribution in [-0.4, -0.2) is 28.0 Å². The number of nitrogens with one attached hydrogen (secondary N) is 1. The predicted octanol–water partition coefficient (Wildman–Crippen LogP) is 5.23. The highest BCUT2D eigenvalue weighted by Crippen LogP contribution is 2.36. The number of likely N-dealkylation sites (tertiary alicyclic amines) is 1. The van der Waals surface area contributed by atoms with Gasteiger partial charge in [0.2, 0.25) is 0 Å². The van der Waals surface area contributed by atoms with Crippen LogP contribution >= 0.6 is 0 Å². The molecule has 1 aliphatic heterocycles. The standard InChI is InChI=1S/C24H26N4/c1-17(19-4-5-19)27-24-12-22-11-20(6-7-21(22)15-26-24)23-10-18(13-25-14-23)16-28-8-2-3-9-28/h6-7,10-15,19H,1-5,8-9,16H2,(H,26,27). The van der Waals surface area contributed by atoms with Gasteiger partial charge in [-0.2, -0.15) is 0 Å². The fourth-order valence-electron chi connectivity index (χ4n) is 4.02. The minimum atomic E-state index is 0.619. The van der Waals surface area contributed by atoms with E-state index in [4.69, 9.17) is 0 Å².